The molecule has 132 valence electrons. The number of ether oxygens (including phenoxy) is 1. The van der Waals surface area contributed by atoms with Gasteiger partial charge in [-0.1, -0.05) is 24.3 Å². The van der Waals surface area contributed by atoms with Crippen molar-refractivity contribution < 1.29 is 9.53 Å². The van der Waals surface area contributed by atoms with E-state index in [0.717, 1.165) is 42.3 Å². The van der Waals surface area contributed by atoms with Gasteiger partial charge < -0.3 is 19.9 Å². The lowest BCUT2D eigenvalue weighted by atomic mass is 10.0. The lowest BCUT2D eigenvalue weighted by molar-refractivity contribution is -0.134. The van der Waals surface area contributed by atoms with Crippen LogP contribution < -0.4 is 4.74 Å². The summed E-state index contributed by atoms with van der Waals surface area (Å²) in [5.41, 5.74) is 0.845. The third-order valence-corrected chi connectivity index (χ3v) is 5.05. The number of nitrogens with zero attached hydrogens (tertiary/aromatic N) is 2. The van der Waals surface area contributed by atoms with Crippen LogP contribution in [0.2, 0.25) is 0 Å². The number of hydrogen-bond donors (Lipinski definition) is 1. The van der Waals surface area contributed by atoms with Crippen LogP contribution in [0.25, 0.3) is 10.8 Å². The van der Waals surface area contributed by atoms with Crippen LogP contribution in [-0.2, 0) is 4.79 Å². The molecule has 1 saturated heterocycles. The largest absolute Gasteiger partial charge is 0.483 e. The molecule has 5 heteroatoms. The maximum atomic E-state index is 12.5. The summed E-state index contributed by atoms with van der Waals surface area (Å²) in [5.74, 6) is 0.695. The Labute approximate surface area is 148 Å². The Morgan fingerprint density at radius 2 is 1.92 bits per heavy atom. The molecule has 0 bridgehead atoms. The number of amides is 1. The summed E-state index contributed by atoms with van der Waals surface area (Å²) < 4.78 is 5.84. The molecular formula is C20H25N3O2. The number of benzene rings is 2. The van der Waals surface area contributed by atoms with Crippen LogP contribution in [0, 0.1) is 5.41 Å². The minimum absolute atomic E-state index is 0.00904. The predicted molar refractivity (Wildman–Crippen MR) is 101 cm³/mol. The van der Waals surface area contributed by atoms with E-state index in [9.17, 15) is 4.79 Å². The zero-order chi connectivity index (χ0) is 17.8. The van der Waals surface area contributed by atoms with Crippen molar-refractivity contribution in [3.05, 3.63) is 42.0 Å². The number of fused-ring (bicyclic) bond motifs is 1. The highest BCUT2D eigenvalue weighted by Crippen LogP contribution is 2.28. The van der Waals surface area contributed by atoms with E-state index in [2.05, 4.69) is 11.9 Å². The standard InChI is InChI=1S/C20H25N3O2/c1-22-11-9-16(10-12-22)23(2)20(24)14-25-19-8-7-15(13-21)17-5-3-4-6-18(17)19/h3-8,13,16,21H,9-12,14H2,1-2H3. The molecule has 2 aromatic carbocycles. The van der Waals surface area contributed by atoms with Gasteiger partial charge in [-0.05, 0) is 50.5 Å². The van der Waals surface area contributed by atoms with Crippen LogP contribution in [0.4, 0.5) is 0 Å². The average molecular weight is 339 g/mol. The summed E-state index contributed by atoms with van der Waals surface area (Å²) in [6.45, 7) is 2.09. The van der Waals surface area contributed by atoms with Gasteiger partial charge in [-0.15, -0.1) is 0 Å². The summed E-state index contributed by atoms with van der Waals surface area (Å²) in [6, 6.07) is 11.8. The second kappa shape index (κ2) is 7.66. The predicted octanol–water partition coefficient (Wildman–Crippen LogP) is 2.77. The molecule has 1 amide bonds. The van der Waals surface area contributed by atoms with E-state index in [1.807, 2.05) is 48.3 Å². The molecule has 0 radical (unpaired) electrons. The zero-order valence-corrected chi connectivity index (χ0v) is 14.9. The molecule has 3 rings (SSSR count). The molecule has 25 heavy (non-hydrogen) atoms. The molecule has 5 nitrogen and oxygen atoms in total. The van der Waals surface area contributed by atoms with Gasteiger partial charge in [0.15, 0.2) is 6.61 Å². The van der Waals surface area contributed by atoms with Crippen molar-refractivity contribution in [2.45, 2.75) is 18.9 Å². The second-order valence-corrected chi connectivity index (χ2v) is 6.67. The molecule has 1 heterocycles. The summed E-state index contributed by atoms with van der Waals surface area (Å²) in [7, 11) is 3.99. The normalized spacial score (nSPS) is 15.9. The van der Waals surface area contributed by atoms with Gasteiger partial charge >= 0.3 is 0 Å². The molecule has 1 aliphatic rings. The molecule has 1 fully saturated rings. The summed E-state index contributed by atoms with van der Waals surface area (Å²) in [4.78, 5) is 16.6. The molecule has 0 unspecified atom stereocenters. The highest BCUT2D eigenvalue weighted by Gasteiger charge is 2.24. The second-order valence-electron chi connectivity index (χ2n) is 6.67. The van der Waals surface area contributed by atoms with Crippen LogP contribution in [-0.4, -0.2) is 61.8 Å². The maximum absolute atomic E-state index is 12.5. The Bertz CT molecular complexity index is 767. The number of carbonyl (C=O) groups excluding carboxylic acids is 1. The Morgan fingerprint density at radius 1 is 1.24 bits per heavy atom. The fraction of sp³-hybridized carbons (Fsp3) is 0.400. The topological polar surface area (TPSA) is 56.6 Å². The molecule has 2 aromatic rings. The Balaban J connectivity index is 1.68. The van der Waals surface area contributed by atoms with Gasteiger partial charge in [-0.3, -0.25) is 4.79 Å². The van der Waals surface area contributed by atoms with E-state index in [1.165, 1.54) is 6.21 Å². The van der Waals surface area contributed by atoms with Crippen molar-refractivity contribution in [1.82, 2.24) is 9.80 Å². The molecule has 0 atom stereocenters. The molecule has 0 spiro atoms. The van der Waals surface area contributed by atoms with Gasteiger partial charge in [-0.2, -0.15) is 0 Å². The van der Waals surface area contributed by atoms with Crippen molar-refractivity contribution in [2.24, 2.45) is 0 Å². The summed E-state index contributed by atoms with van der Waals surface area (Å²) in [5, 5.41) is 9.41. The number of likely N-dealkylation sites (N-methyl/N-ethyl adjacent to an activating group) is 1. The first-order chi connectivity index (χ1) is 12.1. The van der Waals surface area contributed by atoms with Crippen LogP contribution in [0.1, 0.15) is 18.4 Å². The van der Waals surface area contributed by atoms with Crippen molar-refractivity contribution in [3.63, 3.8) is 0 Å². The van der Waals surface area contributed by atoms with E-state index in [0.29, 0.717) is 11.8 Å². The highest BCUT2D eigenvalue weighted by atomic mass is 16.5. The van der Waals surface area contributed by atoms with E-state index in [4.69, 9.17) is 10.1 Å². The van der Waals surface area contributed by atoms with Gasteiger partial charge in [0.1, 0.15) is 5.75 Å². The Morgan fingerprint density at radius 3 is 2.60 bits per heavy atom. The molecule has 1 N–H and O–H groups in total. The molecule has 0 aliphatic carbocycles. The number of rotatable bonds is 5. The van der Waals surface area contributed by atoms with E-state index < -0.39 is 0 Å². The van der Waals surface area contributed by atoms with Crippen LogP contribution in [0.15, 0.2) is 36.4 Å². The number of hydrogen-bond acceptors (Lipinski definition) is 4. The van der Waals surface area contributed by atoms with Crippen LogP contribution >= 0.6 is 0 Å². The van der Waals surface area contributed by atoms with E-state index >= 15 is 0 Å². The number of nitrogens with one attached hydrogen (secondary N) is 1. The van der Waals surface area contributed by atoms with E-state index in [-0.39, 0.29) is 12.5 Å². The Hall–Kier alpha value is -2.40. The van der Waals surface area contributed by atoms with Gasteiger partial charge in [0.05, 0.1) is 0 Å². The van der Waals surface area contributed by atoms with Gasteiger partial charge in [-0.25, -0.2) is 0 Å². The Kier molecular flexibility index (Phi) is 5.34. The summed E-state index contributed by atoms with van der Waals surface area (Å²) in [6.07, 6.45) is 3.36. The van der Waals surface area contributed by atoms with Crippen LogP contribution in [0.5, 0.6) is 5.75 Å². The van der Waals surface area contributed by atoms with Gasteiger partial charge in [0.25, 0.3) is 5.91 Å². The van der Waals surface area contributed by atoms with Crippen molar-refractivity contribution in [3.8, 4) is 5.75 Å². The minimum Gasteiger partial charge on any atom is -0.483 e. The number of carbonyl (C=O) groups is 1. The number of piperidine rings is 1. The fourth-order valence-corrected chi connectivity index (χ4v) is 3.37. The minimum atomic E-state index is 0.00904. The van der Waals surface area contributed by atoms with E-state index in [1.54, 1.807) is 0 Å². The van der Waals surface area contributed by atoms with Crippen molar-refractivity contribution in [2.75, 3.05) is 33.8 Å². The first-order valence-corrected chi connectivity index (χ1v) is 8.69. The molecule has 0 saturated carbocycles. The monoisotopic (exact) mass is 339 g/mol. The fourth-order valence-electron chi connectivity index (χ4n) is 3.37. The first kappa shape index (κ1) is 17.4. The third kappa shape index (κ3) is 3.82. The SMILES string of the molecule is CN1CCC(N(C)C(=O)COc2ccc(C=N)c3ccccc23)CC1. The quantitative estimate of drug-likeness (QED) is 0.852. The van der Waals surface area contributed by atoms with Crippen molar-refractivity contribution in [1.29, 1.82) is 5.41 Å². The van der Waals surface area contributed by atoms with Gasteiger partial charge in [0.2, 0.25) is 0 Å². The molecular weight excluding hydrogens is 314 g/mol. The van der Waals surface area contributed by atoms with Crippen molar-refractivity contribution >= 4 is 22.9 Å². The molecule has 1 aliphatic heterocycles. The first-order valence-electron chi connectivity index (χ1n) is 8.69. The highest BCUT2D eigenvalue weighted by molar-refractivity contribution is 6.01. The zero-order valence-electron chi connectivity index (χ0n) is 14.9. The molecule has 0 aromatic heterocycles. The lowest BCUT2D eigenvalue weighted by Crippen LogP contribution is -2.45. The third-order valence-electron chi connectivity index (χ3n) is 5.05. The summed E-state index contributed by atoms with van der Waals surface area (Å²) >= 11 is 0. The average Bonchev–Trinajstić information content (AvgIpc) is 2.65. The smallest absolute Gasteiger partial charge is 0.260 e. The maximum Gasteiger partial charge on any atom is 0.260 e. The number of likely N-dealkylation sites (tertiary alicyclic amines) is 1. The van der Waals surface area contributed by atoms with Gasteiger partial charge in [0, 0.05) is 30.3 Å². The lowest BCUT2D eigenvalue weighted by Gasteiger charge is -2.35. The van der Waals surface area contributed by atoms with Crippen LogP contribution in [0.3, 0.4) is 0 Å².